The molecule has 0 saturated carbocycles. The molecule has 1 rings (SSSR count). The monoisotopic (exact) mass is 207 g/mol. The first-order valence-corrected chi connectivity index (χ1v) is 3.63. The third-order valence-electron chi connectivity index (χ3n) is 0.556. The maximum atomic E-state index is 2.94. The van der Waals surface area contributed by atoms with Gasteiger partial charge >= 0.3 is 0 Å². The molecule has 0 atom stereocenters. The van der Waals surface area contributed by atoms with E-state index in [4.69, 9.17) is 0 Å². The second-order valence-corrected chi connectivity index (χ2v) is 0.962. The Kier molecular flexibility index (Phi) is 14.9. The molecule has 0 spiro atoms. The van der Waals surface area contributed by atoms with Crippen LogP contribution >= 0.6 is 15.9 Å². The predicted molar refractivity (Wildman–Crippen MR) is 36.9 cm³/mol. The van der Waals surface area contributed by atoms with Crippen molar-refractivity contribution in [2.24, 2.45) is 0 Å². The van der Waals surface area contributed by atoms with E-state index in [1.165, 1.54) is 0 Å². The molecule has 0 aromatic heterocycles. The van der Waals surface area contributed by atoms with E-state index in [1.54, 1.807) is 0 Å². The van der Waals surface area contributed by atoms with Gasteiger partial charge in [-0.05, 0) is 5.83 Å². The van der Waals surface area contributed by atoms with Crippen molar-refractivity contribution in [3.05, 3.63) is 30.3 Å². The predicted octanol–water partition coefficient (Wildman–Crippen LogP) is 2.41. The minimum atomic E-state index is 0. The molecule has 0 amide bonds. The van der Waals surface area contributed by atoms with Crippen molar-refractivity contribution in [1.29, 1.82) is 0 Å². The van der Waals surface area contributed by atoms with Gasteiger partial charge in [-0.25, -0.2) is 12.1 Å². The molecule has 0 bridgehead atoms. The summed E-state index contributed by atoms with van der Waals surface area (Å²) in [6.07, 6.45) is 0. The molecule has 8 heavy (non-hydrogen) atoms. The average Bonchev–Trinajstić information content (AvgIpc) is 2.23. The Balaban J connectivity index is 0. The van der Waals surface area contributed by atoms with Crippen LogP contribution in [0.3, 0.4) is 0 Å². The Morgan fingerprint density at radius 1 is 1.12 bits per heavy atom. The van der Waals surface area contributed by atoms with Gasteiger partial charge in [-0.1, -0.05) is 15.9 Å². The number of rotatable bonds is 0. The molecule has 2 heteroatoms. The van der Waals surface area contributed by atoms with Crippen molar-refractivity contribution < 1.29 is 21.7 Å². The van der Waals surface area contributed by atoms with Gasteiger partial charge in [0.1, 0.15) is 0 Å². The standard InChI is InChI=1S/C5H5.CH3Br.Ti/c1-2-4-5-3-1;1-2;/h1-5H;1H3;/q-1;;. The van der Waals surface area contributed by atoms with Gasteiger partial charge < -0.3 is 0 Å². The number of hydrogen-bond donors (Lipinski definition) is 0. The minimum absolute atomic E-state index is 0. The third kappa shape index (κ3) is 6.54. The number of alkyl halides is 1. The Morgan fingerprint density at radius 3 is 1.62 bits per heavy atom. The molecular formula is C6H8BrTi-. The first kappa shape index (κ1) is 11.4. The maximum Gasteiger partial charge on any atom is 0 e. The number of halogens is 1. The number of hydrogen-bond acceptors (Lipinski definition) is 0. The molecule has 0 N–H and O–H groups in total. The van der Waals surface area contributed by atoms with Crippen LogP contribution in [0.15, 0.2) is 30.3 Å². The zero-order valence-electron chi connectivity index (χ0n) is 4.76. The third-order valence-corrected chi connectivity index (χ3v) is 0.556. The van der Waals surface area contributed by atoms with Crippen molar-refractivity contribution in [1.82, 2.24) is 0 Å². The Labute approximate surface area is 73.7 Å². The second-order valence-electron chi connectivity index (χ2n) is 0.962. The van der Waals surface area contributed by atoms with Gasteiger partial charge in [-0.3, -0.25) is 0 Å². The van der Waals surface area contributed by atoms with E-state index in [0.29, 0.717) is 0 Å². The van der Waals surface area contributed by atoms with E-state index < -0.39 is 0 Å². The summed E-state index contributed by atoms with van der Waals surface area (Å²) in [4.78, 5) is 0. The summed E-state index contributed by atoms with van der Waals surface area (Å²) >= 11 is 2.94. The van der Waals surface area contributed by atoms with Gasteiger partial charge in [-0.15, -0.1) is 0 Å². The summed E-state index contributed by atoms with van der Waals surface area (Å²) in [6.45, 7) is 0. The zero-order valence-corrected chi connectivity index (χ0v) is 7.91. The van der Waals surface area contributed by atoms with Crippen LogP contribution in [0, 0.1) is 0 Å². The van der Waals surface area contributed by atoms with Crippen LogP contribution in [0.5, 0.6) is 0 Å². The van der Waals surface area contributed by atoms with Gasteiger partial charge in [-0.2, -0.15) is 18.2 Å². The molecule has 44 valence electrons. The average molecular weight is 208 g/mol. The van der Waals surface area contributed by atoms with Crippen LogP contribution in [-0.2, 0) is 21.7 Å². The van der Waals surface area contributed by atoms with Crippen LogP contribution in [-0.4, -0.2) is 5.83 Å². The van der Waals surface area contributed by atoms with Crippen LogP contribution in [0.1, 0.15) is 0 Å². The summed E-state index contributed by atoms with van der Waals surface area (Å²) in [5.74, 6) is 1.81. The Morgan fingerprint density at radius 2 is 1.50 bits per heavy atom. The van der Waals surface area contributed by atoms with Gasteiger partial charge in [0.15, 0.2) is 0 Å². The fourth-order valence-corrected chi connectivity index (χ4v) is 0.321. The molecular weight excluding hydrogens is 200 g/mol. The molecule has 0 aliphatic heterocycles. The van der Waals surface area contributed by atoms with E-state index in [9.17, 15) is 0 Å². The largest absolute Gasteiger partial charge is 0.214 e. The van der Waals surface area contributed by atoms with E-state index in [2.05, 4.69) is 15.9 Å². The zero-order chi connectivity index (χ0) is 5.54. The Bertz CT molecular complexity index is 65.0. The molecule has 0 saturated heterocycles. The van der Waals surface area contributed by atoms with E-state index >= 15 is 0 Å². The van der Waals surface area contributed by atoms with E-state index in [0.717, 1.165) is 0 Å². The fraction of sp³-hybridized carbons (Fsp3) is 0.167. The van der Waals surface area contributed by atoms with Crippen molar-refractivity contribution in [2.45, 2.75) is 0 Å². The van der Waals surface area contributed by atoms with Crippen molar-refractivity contribution >= 4 is 15.9 Å². The van der Waals surface area contributed by atoms with Crippen LogP contribution in [0.25, 0.3) is 0 Å². The summed E-state index contributed by atoms with van der Waals surface area (Å²) in [5, 5.41) is 0. The van der Waals surface area contributed by atoms with Crippen molar-refractivity contribution in [2.75, 3.05) is 5.83 Å². The first-order chi connectivity index (χ1) is 3.50. The van der Waals surface area contributed by atoms with Crippen molar-refractivity contribution in [3.8, 4) is 0 Å². The van der Waals surface area contributed by atoms with Crippen LogP contribution in [0.2, 0.25) is 0 Å². The van der Waals surface area contributed by atoms with Gasteiger partial charge in [0, 0.05) is 21.7 Å². The SMILES string of the molecule is CBr.[Ti].c1cc[cH-]c1. The summed E-state index contributed by atoms with van der Waals surface area (Å²) in [5.41, 5.74) is 0. The molecule has 1 aromatic rings. The van der Waals surface area contributed by atoms with Gasteiger partial charge in [0.2, 0.25) is 0 Å². The summed E-state index contributed by atoms with van der Waals surface area (Å²) < 4.78 is 0. The summed E-state index contributed by atoms with van der Waals surface area (Å²) in [6, 6.07) is 10.0. The normalized spacial score (nSPS) is 5.75. The topological polar surface area (TPSA) is 0 Å². The fourth-order valence-electron chi connectivity index (χ4n) is 0.321. The molecule has 0 nitrogen and oxygen atoms in total. The van der Waals surface area contributed by atoms with Crippen LogP contribution < -0.4 is 0 Å². The van der Waals surface area contributed by atoms with E-state index in [1.807, 2.05) is 36.2 Å². The first-order valence-electron chi connectivity index (χ1n) is 2.04. The van der Waals surface area contributed by atoms with Gasteiger partial charge in [0.25, 0.3) is 0 Å². The van der Waals surface area contributed by atoms with E-state index in [-0.39, 0.29) is 21.7 Å². The molecule has 0 unspecified atom stereocenters. The smallest absolute Gasteiger partial charge is 0 e. The Hall–Kier alpha value is 0.544. The molecule has 1 aromatic carbocycles. The van der Waals surface area contributed by atoms with Crippen molar-refractivity contribution in [3.63, 3.8) is 0 Å². The minimum Gasteiger partial charge on any atom is -0.214 e. The second kappa shape index (κ2) is 10.5. The molecule has 0 aliphatic rings. The maximum absolute atomic E-state index is 2.94. The molecule has 0 aliphatic carbocycles. The molecule has 0 radical (unpaired) electrons. The molecule has 0 fully saturated rings. The quantitative estimate of drug-likeness (QED) is 0.348. The van der Waals surface area contributed by atoms with Crippen LogP contribution in [0.4, 0.5) is 0 Å². The molecule has 0 heterocycles. The summed E-state index contributed by atoms with van der Waals surface area (Å²) in [7, 11) is 0. The van der Waals surface area contributed by atoms with Gasteiger partial charge in [0.05, 0.1) is 0 Å².